The Balaban J connectivity index is 2.32. The average molecular weight is 345 g/mol. The molecule has 0 saturated carbocycles. The molecule has 1 aromatic carbocycles. The summed E-state index contributed by atoms with van der Waals surface area (Å²) in [7, 11) is 3.53. The van der Waals surface area contributed by atoms with Gasteiger partial charge in [-0.2, -0.15) is 0 Å². The lowest BCUT2D eigenvalue weighted by molar-refractivity contribution is 0.162. The molecule has 0 saturated heterocycles. The van der Waals surface area contributed by atoms with Crippen LogP contribution in [0.15, 0.2) is 39.2 Å². The molecule has 1 atom stereocenters. The molecule has 1 heterocycles. The summed E-state index contributed by atoms with van der Waals surface area (Å²) in [5, 5.41) is 3.92. The Morgan fingerprint density at radius 3 is 2.79 bits per heavy atom. The van der Waals surface area contributed by atoms with Crippen LogP contribution in [0.4, 0.5) is 0 Å². The zero-order valence-electron chi connectivity index (χ0n) is 10.7. The second-order valence-corrected chi connectivity index (χ2v) is 5.51. The zero-order chi connectivity index (χ0) is 13.8. The molecular formula is C14H15BrClNO2. The van der Waals surface area contributed by atoms with Crippen LogP contribution in [-0.2, 0) is 11.3 Å². The lowest BCUT2D eigenvalue weighted by atomic mass is 10.1. The van der Waals surface area contributed by atoms with Crippen LogP contribution in [0.5, 0.6) is 0 Å². The molecule has 1 N–H and O–H groups in total. The highest BCUT2D eigenvalue weighted by Gasteiger charge is 2.17. The van der Waals surface area contributed by atoms with Crippen LogP contribution in [0.3, 0.4) is 0 Å². The molecule has 0 aliphatic carbocycles. The van der Waals surface area contributed by atoms with E-state index in [4.69, 9.17) is 20.8 Å². The molecule has 0 radical (unpaired) electrons. The van der Waals surface area contributed by atoms with Crippen LogP contribution in [0.1, 0.15) is 23.1 Å². The van der Waals surface area contributed by atoms with Gasteiger partial charge in [0.25, 0.3) is 0 Å². The van der Waals surface area contributed by atoms with E-state index in [1.807, 2.05) is 37.4 Å². The van der Waals surface area contributed by atoms with Crippen molar-refractivity contribution in [1.82, 2.24) is 5.32 Å². The van der Waals surface area contributed by atoms with Gasteiger partial charge in [0, 0.05) is 16.6 Å². The predicted octanol–water partition coefficient (Wildman–Crippen LogP) is 4.15. The van der Waals surface area contributed by atoms with Crippen molar-refractivity contribution in [3.05, 3.63) is 56.9 Å². The number of furan rings is 1. The normalized spacial score (nSPS) is 12.6. The van der Waals surface area contributed by atoms with Crippen molar-refractivity contribution in [3.8, 4) is 0 Å². The van der Waals surface area contributed by atoms with E-state index in [9.17, 15) is 0 Å². The molecule has 5 heteroatoms. The summed E-state index contributed by atoms with van der Waals surface area (Å²) < 4.78 is 11.8. The highest BCUT2D eigenvalue weighted by molar-refractivity contribution is 9.10. The van der Waals surface area contributed by atoms with E-state index in [0.29, 0.717) is 11.6 Å². The minimum atomic E-state index is -0.0411. The van der Waals surface area contributed by atoms with E-state index in [1.54, 1.807) is 7.11 Å². The number of hydrogen-bond donors (Lipinski definition) is 1. The molecule has 0 aliphatic rings. The Bertz CT molecular complexity index is 536. The Morgan fingerprint density at radius 1 is 1.37 bits per heavy atom. The molecule has 19 heavy (non-hydrogen) atoms. The average Bonchev–Trinajstić information content (AvgIpc) is 2.78. The smallest absolute Gasteiger partial charge is 0.129 e. The first-order chi connectivity index (χ1) is 9.13. The third-order valence-electron chi connectivity index (χ3n) is 2.76. The standard InChI is InChI=1S/C14H15BrClNO2/c1-17-14(9-5-10(15)7-11(16)6-9)13-4-3-12(19-13)8-18-2/h3-7,14,17H,8H2,1-2H3. The first-order valence-electron chi connectivity index (χ1n) is 5.85. The van der Waals surface area contributed by atoms with E-state index in [1.165, 1.54) is 0 Å². The molecule has 0 fully saturated rings. The fourth-order valence-corrected chi connectivity index (χ4v) is 2.87. The molecule has 0 aliphatic heterocycles. The maximum atomic E-state index is 6.09. The number of methoxy groups -OCH3 is 1. The van der Waals surface area contributed by atoms with E-state index in [-0.39, 0.29) is 6.04 Å². The Hall–Kier alpha value is -0.810. The number of ether oxygens (including phenoxy) is 1. The van der Waals surface area contributed by atoms with Gasteiger partial charge in [0.15, 0.2) is 0 Å². The fraction of sp³-hybridized carbons (Fsp3) is 0.286. The van der Waals surface area contributed by atoms with Crippen LogP contribution in [0.25, 0.3) is 0 Å². The molecular weight excluding hydrogens is 330 g/mol. The molecule has 1 aromatic heterocycles. The van der Waals surface area contributed by atoms with Gasteiger partial charge in [0.1, 0.15) is 18.1 Å². The van der Waals surface area contributed by atoms with Gasteiger partial charge in [-0.1, -0.05) is 27.5 Å². The highest BCUT2D eigenvalue weighted by atomic mass is 79.9. The number of hydrogen-bond acceptors (Lipinski definition) is 3. The number of rotatable bonds is 5. The van der Waals surface area contributed by atoms with Crippen molar-refractivity contribution in [3.63, 3.8) is 0 Å². The minimum absolute atomic E-state index is 0.0411. The Labute approximate surface area is 126 Å². The summed E-state index contributed by atoms with van der Waals surface area (Å²) >= 11 is 9.54. The highest BCUT2D eigenvalue weighted by Crippen LogP contribution is 2.29. The van der Waals surface area contributed by atoms with Gasteiger partial charge < -0.3 is 14.5 Å². The van der Waals surface area contributed by atoms with Gasteiger partial charge in [0.2, 0.25) is 0 Å². The maximum Gasteiger partial charge on any atom is 0.129 e. The molecule has 2 aromatic rings. The molecule has 0 spiro atoms. The van der Waals surface area contributed by atoms with Gasteiger partial charge in [0.05, 0.1) is 6.04 Å². The van der Waals surface area contributed by atoms with Gasteiger partial charge in [-0.25, -0.2) is 0 Å². The van der Waals surface area contributed by atoms with Crippen LogP contribution in [-0.4, -0.2) is 14.2 Å². The SMILES string of the molecule is CNC(c1cc(Cl)cc(Br)c1)c1ccc(COC)o1. The maximum absolute atomic E-state index is 6.09. The van der Waals surface area contributed by atoms with E-state index >= 15 is 0 Å². The van der Waals surface area contributed by atoms with Crippen LogP contribution in [0, 0.1) is 0 Å². The summed E-state index contributed by atoms with van der Waals surface area (Å²) in [5.74, 6) is 1.64. The second-order valence-electron chi connectivity index (χ2n) is 4.16. The molecule has 1 unspecified atom stereocenters. The summed E-state index contributed by atoms with van der Waals surface area (Å²) in [6, 6.07) is 9.63. The third kappa shape index (κ3) is 3.60. The van der Waals surface area contributed by atoms with Gasteiger partial charge >= 0.3 is 0 Å². The number of nitrogens with one attached hydrogen (secondary N) is 1. The van der Waals surface area contributed by atoms with Crippen LogP contribution in [0.2, 0.25) is 5.02 Å². The van der Waals surface area contributed by atoms with Crippen molar-refractivity contribution in [2.75, 3.05) is 14.2 Å². The molecule has 0 amide bonds. The Kier molecular flexibility index (Phi) is 5.05. The van der Waals surface area contributed by atoms with Crippen molar-refractivity contribution >= 4 is 27.5 Å². The fourth-order valence-electron chi connectivity index (χ4n) is 1.98. The first-order valence-corrected chi connectivity index (χ1v) is 7.02. The van der Waals surface area contributed by atoms with Gasteiger partial charge in [-0.05, 0) is 42.9 Å². The van der Waals surface area contributed by atoms with Crippen molar-refractivity contribution < 1.29 is 9.15 Å². The second kappa shape index (κ2) is 6.57. The summed E-state index contributed by atoms with van der Waals surface area (Å²) in [4.78, 5) is 0. The van der Waals surface area contributed by atoms with Crippen molar-refractivity contribution in [2.45, 2.75) is 12.6 Å². The van der Waals surface area contributed by atoms with Crippen LogP contribution >= 0.6 is 27.5 Å². The van der Waals surface area contributed by atoms with E-state index < -0.39 is 0 Å². The molecule has 102 valence electrons. The Morgan fingerprint density at radius 2 is 2.16 bits per heavy atom. The lowest BCUT2D eigenvalue weighted by Gasteiger charge is -2.15. The van der Waals surface area contributed by atoms with Gasteiger partial charge in [-0.15, -0.1) is 0 Å². The lowest BCUT2D eigenvalue weighted by Crippen LogP contribution is -2.17. The number of halogens is 2. The summed E-state index contributed by atoms with van der Waals surface area (Å²) in [6.07, 6.45) is 0. The van der Waals surface area contributed by atoms with Crippen molar-refractivity contribution in [1.29, 1.82) is 0 Å². The van der Waals surface area contributed by atoms with Crippen LogP contribution < -0.4 is 5.32 Å². The summed E-state index contributed by atoms with van der Waals surface area (Å²) in [5.41, 5.74) is 1.04. The number of benzene rings is 1. The molecule has 3 nitrogen and oxygen atoms in total. The van der Waals surface area contributed by atoms with E-state index in [0.717, 1.165) is 21.6 Å². The van der Waals surface area contributed by atoms with Gasteiger partial charge in [-0.3, -0.25) is 0 Å². The molecule has 2 rings (SSSR count). The topological polar surface area (TPSA) is 34.4 Å². The third-order valence-corrected chi connectivity index (χ3v) is 3.44. The minimum Gasteiger partial charge on any atom is -0.462 e. The van der Waals surface area contributed by atoms with Crippen molar-refractivity contribution in [2.24, 2.45) is 0 Å². The zero-order valence-corrected chi connectivity index (χ0v) is 13.1. The monoisotopic (exact) mass is 343 g/mol. The first kappa shape index (κ1) is 14.6. The largest absolute Gasteiger partial charge is 0.462 e. The van der Waals surface area contributed by atoms with E-state index in [2.05, 4.69) is 21.2 Å². The quantitative estimate of drug-likeness (QED) is 0.885. The molecule has 0 bridgehead atoms. The predicted molar refractivity (Wildman–Crippen MR) is 79.5 cm³/mol. The summed E-state index contributed by atoms with van der Waals surface area (Å²) in [6.45, 7) is 0.468.